The molecular weight excluding hydrogens is 314 g/mol. The maximum atomic E-state index is 12.6. The average Bonchev–Trinajstić information content (AvgIpc) is 2.33. The maximum Gasteiger partial charge on any atom is 0.411 e. The van der Waals surface area contributed by atoms with Gasteiger partial charge in [-0.25, -0.2) is 9.59 Å². The van der Waals surface area contributed by atoms with Crippen molar-refractivity contribution in [2.75, 3.05) is 6.54 Å². The number of likely N-dealkylation sites (tertiary alicyclic amines) is 1. The zero-order valence-corrected chi connectivity index (χ0v) is 15.6. The summed E-state index contributed by atoms with van der Waals surface area (Å²) in [5.41, 5.74) is -1.52. The molecule has 1 aliphatic rings. The van der Waals surface area contributed by atoms with E-state index >= 15 is 0 Å². The lowest BCUT2D eigenvalue weighted by Gasteiger charge is -2.42. The van der Waals surface area contributed by atoms with Crippen LogP contribution in [0.25, 0.3) is 0 Å². The molecule has 0 saturated carbocycles. The number of hydrogen-bond donors (Lipinski definition) is 1. The highest BCUT2D eigenvalue weighted by Crippen LogP contribution is 2.32. The number of carbonyl (C=O) groups is 3. The average molecular weight is 343 g/mol. The van der Waals surface area contributed by atoms with E-state index in [1.54, 1.807) is 48.5 Å². The first kappa shape index (κ1) is 20.3. The Hall–Kier alpha value is -1.79. The first-order valence-corrected chi connectivity index (χ1v) is 8.18. The molecule has 1 fully saturated rings. The first-order chi connectivity index (χ1) is 10.7. The summed E-state index contributed by atoms with van der Waals surface area (Å²) in [5, 5.41) is 9.57. The highest BCUT2D eigenvalue weighted by Gasteiger charge is 2.49. The second kappa shape index (κ2) is 6.99. The van der Waals surface area contributed by atoms with E-state index in [9.17, 15) is 19.5 Å². The summed E-state index contributed by atoms with van der Waals surface area (Å²) in [6.07, 6.45) is -0.216. The van der Waals surface area contributed by atoms with E-state index in [2.05, 4.69) is 0 Å². The summed E-state index contributed by atoms with van der Waals surface area (Å²) in [5.74, 6) is -3.11. The van der Waals surface area contributed by atoms with Crippen molar-refractivity contribution in [3.05, 3.63) is 0 Å². The summed E-state index contributed by atoms with van der Waals surface area (Å²) in [7, 11) is 0. The van der Waals surface area contributed by atoms with E-state index < -0.39 is 41.2 Å². The number of hydrogen-bond acceptors (Lipinski definition) is 5. The fourth-order valence-corrected chi connectivity index (χ4v) is 2.71. The molecule has 0 aromatic rings. The highest BCUT2D eigenvalue weighted by molar-refractivity contribution is 5.88. The van der Waals surface area contributed by atoms with Crippen molar-refractivity contribution < 1.29 is 29.0 Å². The van der Waals surface area contributed by atoms with E-state index in [-0.39, 0.29) is 12.5 Å². The second-order valence-corrected chi connectivity index (χ2v) is 8.28. The summed E-state index contributed by atoms with van der Waals surface area (Å²) < 4.78 is 10.7. The van der Waals surface area contributed by atoms with Crippen molar-refractivity contribution >= 4 is 18.0 Å². The van der Waals surface area contributed by atoms with Crippen molar-refractivity contribution in [1.29, 1.82) is 0 Å². The normalized spacial score (nSPS) is 25.1. The molecule has 3 unspecified atom stereocenters. The summed E-state index contributed by atoms with van der Waals surface area (Å²) in [4.78, 5) is 38.0. The van der Waals surface area contributed by atoms with Gasteiger partial charge in [-0.2, -0.15) is 0 Å². The monoisotopic (exact) mass is 343 g/mol. The van der Waals surface area contributed by atoms with E-state index in [0.29, 0.717) is 6.42 Å². The van der Waals surface area contributed by atoms with Crippen molar-refractivity contribution in [1.82, 2.24) is 4.90 Å². The number of rotatable bonds is 2. The fraction of sp³-hybridized carbons (Fsp3) is 0.824. The van der Waals surface area contributed by atoms with Crippen LogP contribution in [0.3, 0.4) is 0 Å². The van der Waals surface area contributed by atoms with Gasteiger partial charge in [0.1, 0.15) is 17.2 Å². The van der Waals surface area contributed by atoms with E-state index in [0.717, 1.165) is 0 Å². The third-order valence-electron chi connectivity index (χ3n) is 3.68. The molecule has 0 aliphatic carbocycles. The molecule has 1 rings (SSSR count). The molecule has 138 valence electrons. The minimum atomic E-state index is -1.19. The predicted molar refractivity (Wildman–Crippen MR) is 87.5 cm³/mol. The molecule has 3 atom stereocenters. The van der Waals surface area contributed by atoms with Crippen molar-refractivity contribution in [3.63, 3.8) is 0 Å². The molecule has 1 aliphatic heterocycles. The van der Waals surface area contributed by atoms with Gasteiger partial charge in [0.05, 0.1) is 5.92 Å². The third kappa shape index (κ3) is 5.39. The number of ether oxygens (including phenoxy) is 2. The lowest BCUT2D eigenvalue weighted by Crippen LogP contribution is -2.59. The number of esters is 1. The van der Waals surface area contributed by atoms with Gasteiger partial charge in [-0.3, -0.25) is 9.69 Å². The Bertz CT molecular complexity index is 502. The number of piperidine rings is 1. The minimum absolute atomic E-state index is 0.251. The summed E-state index contributed by atoms with van der Waals surface area (Å²) >= 11 is 0. The molecule has 0 radical (unpaired) electrons. The fourth-order valence-electron chi connectivity index (χ4n) is 2.71. The van der Waals surface area contributed by atoms with Crippen LogP contribution in [-0.4, -0.2) is 51.8 Å². The predicted octanol–water partition coefficient (Wildman–Crippen LogP) is 2.67. The topological polar surface area (TPSA) is 93.1 Å². The number of carboxylic acids is 1. The molecule has 7 nitrogen and oxygen atoms in total. The number of amides is 1. The number of nitrogens with zero attached hydrogens (tertiary/aromatic N) is 1. The lowest BCUT2D eigenvalue weighted by atomic mass is 9.80. The molecule has 0 aromatic heterocycles. The number of aliphatic carboxylic acids is 1. The molecule has 0 aromatic carbocycles. The minimum Gasteiger partial charge on any atom is -0.481 e. The van der Waals surface area contributed by atoms with E-state index in [4.69, 9.17) is 9.47 Å². The van der Waals surface area contributed by atoms with Gasteiger partial charge in [-0.15, -0.1) is 0 Å². The quantitative estimate of drug-likeness (QED) is 0.775. The summed E-state index contributed by atoms with van der Waals surface area (Å²) in [6.45, 7) is 12.3. The van der Waals surface area contributed by atoms with Crippen LogP contribution in [0.1, 0.15) is 54.9 Å². The van der Waals surface area contributed by atoms with Crippen LogP contribution < -0.4 is 0 Å². The van der Waals surface area contributed by atoms with Gasteiger partial charge in [0.2, 0.25) is 0 Å². The van der Waals surface area contributed by atoms with Crippen molar-refractivity contribution in [3.8, 4) is 0 Å². The van der Waals surface area contributed by atoms with Gasteiger partial charge in [-0.1, -0.05) is 6.92 Å². The molecular formula is C17H29NO6. The smallest absolute Gasteiger partial charge is 0.411 e. The Labute approximate surface area is 143 Å². The Balaban J connectivity index is 3.17. The Morgan fingerprint density at radius 1 is 1.00 bits per heavy atom. The Morgan fingerprint density at radius 2 is 1.50 bits per heavy atom. The Morgan fingerprint density at radius 3 is 1.92 bits per heavy atom. The van der Waals surface area contributed by atoms with Crippen LogP contribution in [0.15, 0.2) is 0 Å². The largest absolute Gasteiger partial charge is 0.481 e. The molecule has 1 N–H and O–H groups in total. The van der Waals surface area contributed by atoms with Crippen molar-refractivity contribution in [2.45, 2.75) is 72.1 Å². The van der Waals surface area contributed by atoms with Crippen LogP contribution in [0.5, 0.6) is 0 Å². The molecule has 1 amide bonds. The second-order valence-electron chi connectivity index (χ2n) is 8.28. The van der Waals surface area contributed by atoms with Gasteiger partial charge in [0.15, 0.2) is 0 Å². The van der Waals surface area contributed by atoms with Gasteiger partial charge in [-0.05, 0) is 53.9 Å². The lowest BCUT2D eigenvalue weighted by molar-refractivity contribution is -0.172. The number of carboxylic acid groups (broad SMARTS) is 1. The van der Waals surface area contributed by atoms with Crippen LogP contribution in [-0.2, 0) is 19.1 Å². The molecule has 1 heterocycles. The van der Waals surface area contributed by atoms with Gasteiger partial charge in [0.25, 0.3) is 0 Å². The zero-order chi connectivity index (χ0) is 18.9. The van der Waals surface area contributed by atoms with Gasteiger partial charge >= 0.3 is 18.0 Å². The standard InChI is InChI=1S/C17H29NO6/c1-10-8-9-18(15(22)24-17(5,6)7)12(11(10)13(19)20)14(21)23-16(2,3)4/h10-12H,8-9H2,1-7H3,(H,19,20). The zero-order valence-electron chi connectivity index (χ0n) is 15.6. The molecule has 1 saturated heterocycles. The molecule has 7 heteroatoms. The van der Waals surface area contributed by atoms with Crippen molar-refractivity contribution in [2.24, 2.45) is 11.8 Å². The number of carbonyl (C=O) groups excluding carboxylic acids is 2. The Kier molecular flexibility index (Phi) is 5.90. The van der Waals surface area contributed by atoms with Gasteiger partial charge in [0, 0.05) is 6.54 Å². The third-order valence-corrected chi connectivity index (χ3v) is 3.68. The van der Waals surface area contributed by atoms with Crippen LogP contribution >= 0.6 is 0 Å². The molecule has 0 bridgehead atoms. The highest BCUT2D eigenvalue weighted by atomic mass is 16.6. The molecule has 24 heavy (non-hydrogen) atoms. The van der Waals surface area contributed by atoms with Crippen LogP contribution in [0, 0.1) is 11.8 Å². The van der Waals surface area contributed by atoms with E-state index in [1.807, 2.05) is 0 Å². The molecule has 0 spiro atoms. The van der Waals surface area contributed by atoms with E-state index in [1.165, 1.54) is 4.90 Å². The SMILES string of the molecule is CC1CCN(C(=O)OC(C)(C)C)C(C(=O)OC(C)(C)C)C1C(=O)O. The maximum absolute atomic E-state index is 12.6. The van der Waals surface area contributed by atoms with Gasteiger partial charge < -0.3 is 14.6 Å². The van der Waals surface area contributed by atoms with Crippen LogP contribution in [0.2, 0.25) is 0 Å². The summed E-state index contributed by atoms with van der Waals surface area (Å²) in [6, 6.07) is -1.19. The first-order valence-electron chi connectivity index (χ1n) is 8.18. The van der Waals surface area contributed by atoms with Crippen LogP contribution in [0.4, 0.5) is 4.79 Å².